The van der Waals surface area contributed by atoms with Gasteiger partial charge >= 0.3 is 6.18 Å². The Morgan fingerprint density at radius 1 is 0.676 bits per heavy atom. The number of halogens is 3. The largest absolute Gasteiger partial charge is 0.416 e. The molecule has 0 bridgehead atoms. The second-order valence-corrected chi connectivity index (χ2v) is 12.9. The lowest BCUT2D eigenvalue weighted by Gasteiger charge is -2.21. The van der Waals surface area contributed by atoms with E-state index >= 15 is 0 Å². The quantitative estimate of drug-likeness (QED) is 0.219. The standard InChI is InChI=1S/C32H32F3NS/c1-19-15-22(32(33,34)35)18-25(28-9-8-14-37-28)29(19)36-26-12-10-20(30(2,3)4)16-23(26)24-17-21(31(5,6)7)11-13-27(24)36/h8-18H,1-7H3. The summed E-state index contributed by atoms with van der Waals surface area (Å²) in [4.78, 5) is 0.817. The van der Waals surface area contributed by atoms with E-state index in [1.165, 1.54) is 34.6 Å². The van der Waals surface area contributed by atoms with Crippen LogP contribution in [-0.4, -0.2) is 4.57 Å². The van der Waals surface area contributed by atoms with Crippen molar-refractivity contribution in [3.63, 3.8) is 0 Å². The van der Waals surface area contributed by atoms with Crippen LogP contribution in [0.1, 0.15) is 63.8 Å². The first kappa shape index (κ1) is 25.6. The predicted octanol–water partition coefficient (Wildman–Crippen LogP) is 10.4. The van der Waals surface area contributed by atoms with Crippen molar-refractivity contribution in [2.24, 2.45) is 0 Å². The third kappa shape index (κ3) is 4.48. The maximum atomic E-state index is 13.9. The first-order valence-electron chi connectivity index (χ1n) is 12.5. The molecule has 0 unspecified atom stereocenters. The summed E-state index contributed by atoms with van der Waals surface area (Å²) < 4.78 is 43.8. The van der Waals surface area contributed by atoms with Gasteiger partial charge in [0.25, 0.3) is 0 Å². The van der Waals surface area contributed by atoms with Crippen molar-refractivity contribution >= 4 is 33.1 Å². The van der Waals surface area contributed by atoms with Gasteiger partial charge in [-0.3, -0.25) is 0 Å². The molecule has 0 radical (unpaired) electrons. The third-order valence-corrected chi connectivity index (χ3v) is 8.04. The zero-order valence-corrected chi connectivity index (χ0v) is 23.2. The summed E-state index contributed by atoms with van der Waals surface area (Å²) in [6.07, 6.45) is -4.42. The van der Waals surface area contributed by atoms with Gasteiger partial charge in [-0.25, -0.2) is 0 Å². The van der Waals surface area contributed by atoms with Gasteiger partial charge in [0.1, 0.15) is 0 Å². The lowest BCUT2D eigenvalue weighted by Crippen LogP contribution is -2.10. The number of aromatic nitrogens is 1. The molecule has 5 heteroatoms. The van der Waals surface area contributed by atoms with Crippen LogP contribution >= 0.6 is 11.3 Å². The highest BCUT2D eigenvalue weighted by Crippen LogP contribution is 2.43. The van der Waals surface area contributed by atoms with E-state index in [-0.39, 0.29) is 10.8 Å². The van der Waals surface area contributed by atoms with Crippen LogP contribution in [0.5, 0.6) is 0 Å². The maximum Gasteiger partial charge on any atom is 0.416 e. The van der Waals surface area contributed by atoms with Gasteiger partial charge in [-0.05, 0) is 82.3 Å². The highest BCUT2D eigenvalue weighted by molar-refractivity contribution is 7.13. The molecule has 0 fully saturated rings. The van der Waals surface area contributed by atoms with Gasteiger partial charge in [-0.1, -0.05) is 59.7 Å². The molecule has 0 amide bonds. The molecule has 37 heavy (non-hydrogen) atoms. The molecule has 5 aromatic rings. The van der Waals surface area contributed by atoms with Gasteiger partial charge in [-0.2, -0.15) is 13.2 Å². The Bertz CT molecular complexity index is 1550. The molecule has 2 heterocycles. The molecular weight excluding hydrogens is 487 g/mol. The van der Waals surface area contributed by atoms with E-state index in [0.717, 1.165) is 32.4 Å². The second-order valence-electron chi connectivity index (χ2n) is 12.0. The molecule has 2 aromatic heterocycles. The lowest BCUT2D eigenvalue weighted by molar-refractivity contribution is -0.137. The van der Waals surface area contributed by atoms with Gasteiger partial charge in [-0.15, -0.1) is 11.3 Å². The van der Waals surface area contributed by atoms with Crippen LogP contribution in [0, 0.1) is 6.92 Å². The van der Waals surface area contributed by atoms with Crippen LogP contribution in [-0.2, 0) is 17.0 Å². The number of rotatable bonds is 2. The van der Waals surface area contributed by atoms with Crippen molar-refractivity contribution in [3.05, 3.63) is 88.3 Å². The van der Waals surface area contributed by atoms with Crippen LogP contribution in [0.2, 0.25) is 0 Å². The summed E-state index contributed by atoms with van der Waals surface area (Å²) in [5.74, 6) is 0. The molecule has 5 rings (SSSR count). The highest BCUT2D eigenvalue weighted by Gasteiger charge is 2.33. The van der Waals surface area contributed by atoms with Crippen LogP contribution in [0.3, 0.4) is 0 Å². The van der Waals surface area contributed by atoms with Crippen molar-refractivity contribution in [3.8, 4) is 16.1 Å². The number of hydrogen-bond donors (Lipinski definition) is 0. The number of hydrogen-bond acceptors (Lipinski definition) is 1. The summed E-state index contributed by atoms with van der Waals surface area (Å²) in [5.41, 5.74) is 5.74. The lowest BCUT2D eigenvalue weighted by atomic mass is 9.85. The fraction of sp³-hybridized carbons (Fsp3) is 0.312. The summed E-state index contributed by atoms with van der Waals surface area (Å²) in [7, 11) is 0. The minimum atomic E-state index is -4.42. The molecule has 0 atom stereocenters. The normalized spacial score (nSPS) is 13.1. The van der Waals surface area contributed by atoms with Crippen molar-refractivity contribution in [1.82, 2.24) is 4.57 Å². The Balaban J connectivity index is 1.94. The Hall–Kier alpha value is -3.05. The minimum absolute atomic E-state index is 0.0311. The molecule has 192 valence electrons. The van der Waals surface area contributed by atoms with Crippen molar-refractivity contribution in [2.75, 3.05) is 0 Å². The average Bonchev–Trinajstić information content (AvgIpc) is 3.43. The summed E-state index contributed by atoms with van der Waals surface area (Å²) in [5, 5.41) is 4.14. The fourth-order valence-corrected chi connectivity index (χ4v) is 5.80. The van der Waals surface area contributed by atoms with Crippen molar-refractivity contribution < 1.29 is 13.2 Å². The molecule has 0 spiro atoms. The van der Waals surface area contributed by atoms with E-state index in [9.17, 15) is 13.2 Å². The highest BCUT2D eigenvalue weighted by atomic mass is 32.1. The molecule has 0 aliphatic carbocycles. The zero-order valence-electron chi connectivity index (χ0n) is 22.3. The van der Waals surface area contributed by atoms with E-state index in [0.29, 0.717) is 11.1 Å². The Morgan fingerprint density at radius 3 is 1.65 bits per heavy atom. The van der Waals surface area contributed by atoms with Crippen molar-refractivity contribution in [2.45, 2.75) is 65.5 Å². The number of aryl methyl sites for hydroxylation is 1. The zero-order chi connectivity index (χ0) is 26.9. The van der Waals surface area contributed by atoms with E-state index in [2.05, 4.69) is 82.5 Å². The topological polar surface area (TPSA) is 4.93 Å². The molecule has 0 N–H and O–H groups in total. The number of nitrogens with zero attached hydrogens (tertiary/aromatic N) is 1. The van der Waals surface area contributed by atoms with Crippen molar-refractivity contribution in [1.29, 1.82) is 0 Å². The van der Waals surface area contributed by atoms with Crippen LogP contribution in [0.15, 0.2) is 66.0 Å². The maximum absolute atomic E-state index is 13.9. The first-order chi connectivity index (χ1) is 17.2. The summed E-state index contributed by atoms with van der Waals surface area (Å²) in [6, 6.07) is 19.4. The SMILES string of the molecule is Cc1cc(C(F)(F)F)cc(-c2cccs2)c1-n1c2ccc(C(C)(C)C)cc2c2cc(C(C)(C)C)ccc21. The molecule has 0 saturated carbocycles. The molecule has 0 aliphatic rings. The van der Waals surface area contributed by atoms with Crippen LogP contribution < -0.4 is 0 Å². The monoisotopic (exact) mass is 519 g/mol. The van der Waals surface area contributed by atoms with E-state index < -0.39 is 11.7 Å². The molecule has 1 nitrogen and oxygen atoms in total. The number of fused-ring (bicyclic) bond motifs is 3. The average molecular weight is 520 g/mol. The smallest absolute Gasteiger partial charge is 0.308 e. The Labute approximate surface area is 220 Å². The summed E-state index contributed by atoms with van der Waals surface area (Å²) in [6.45, 7) is 15.0. The molecular formula is C32H32F3NS. The fourth-order valence-electron chi connectivity index (χ4n) is 5.06. The van der Waals surface area contributed by atoms with Gasteiger partial charge < -0.3 is 4.57 Å². The number of alkyl halides is 3. The number of thiophene rings is 1. The summed E-state index contributed by atoms with van der Waals surface area (Å²) >= 11 is 1.46. The Kier molecular flexibility index (Phi) is 5.87. The predicted molar refractivity (Wildman–Crippen MR) is 151 cm³/mol. The van der Waals surface area contributed by atoms with Crippen LogP contribution in [0.25, 0.3) is 37.9 Å². The first-order valence-corrected chi connectivity index (χ1v) is 13.4. The Morgan fingerprint density at radius 2 is 1.22 bits per heavy atom. The molecule has 0 saturated heterocycles. The van der Waals surface area contributed by atoms with E-state index in [4.69, 9.17) is 0 Å². The minimum Gasteiger partial charge on any atom is -0.308 e. The second kappa shape index (κ2) is 8.49. The number of benzene rings is 3. The van der Waals surface area contributed by atoms with E-state index in [1.807, 2.05) is 17.5 Å². The third-order valence-electron chi connectivity index (χ3n) is 7.14. The van der Waals surface area contributed by atoms with Gasteiger partial charge in [0.2, 0.25) is 0 Å². The molecule has 0 aliphatic heterocycles. The van der Waals surface area contributed by atoms with Gasteiger partial charge in [0.15, 0.2) is 0 Å². The van der Waals surface area contributed by atoms with Crippen LogP contribution in [0.4, 0.5) is 13.2 Å². The van der Waals surface area contributed by atoms with Gasteiger partial charge in [0.05, 0.1) is 22.3 Å². The van der Waals surface area contributed by atoms with Gasteiger partial charge in [0, 0.05) is 21.2 Å². The van der Waals surface area contributed by atoms with E-state index in [1.54, 1.807) is 6.92 Å². The molecule has 3 aromatic carbocycles.